The van der Waals surface area contributed by atoms with Crippen LogP contribution in [0.4, 0.5) is 0 Å². The standard InChI is InChI=1S/C9H10N2O4S/c10-8(14)6(13)3-1-2-4(12)5-7(3)16-9(15)11-5/h1-2,6,8,12-14H,10H2,(H,11,15). The van der Waals surface area contributed by atoms with E-state index >= 15 is 0 Å². The van der Waals surface area contributed by atoms with Crippen LogP contribution in [0.5, 0.6) is 5.75 Å². The van der Waals surface area contributed by atoms with Crippen LogP contribution >= 0.6 is 11.3 Å². The van der Waals surface area contributed by atoms with Crippen LogP contribution in [0.1, 0.15) is 11.7 Å². The Balaban J connectivity index is 2.71. The second-order valence-electron chi connectivity index (χ2n) is 3.33. The molecule has 7 heteroatoms. The SMILES string of the molecule is NC(O)C(O)c1ccc(O)c2[nH]c(=O)sc12. The molecule has 86 valence electrons. The van der Waals surface area contributed by atoms with Gasteiger partial charge in [-0.25, -0.2) is 0 Å². The first-order valence-electron chi connectivity index (χ1n) is 4.47. The van der Waals surface area contributed by atoms with E-state index in [1.165, 1.54) is 12.1 Å². The van der Waals surface area contributed by atoms with Crippen LogP contribution in [-0.2, 0) is 0 Å². The summed E-state index contributed by atoms with van der Waals surface area (Å²) in [4.78, 5) is 13.3. The number of rotatable bonds is 2. The molecule has 0 bridgehead atoms. The lowest BCUT2D eigenvalue weighted by Crippen LogP contribution is -2.27. The molecule has 0 radical (unpaired) electrons. The average molecular weight is 242 g/mol. The van der Waals surface area contributed by atoms with E-state index in [1.54, 1.807) is 0 Å². The molecule has 2 atom stereocenters. The topological polar surface area (TPSA) is 120 Å². The molecule has 2 rings (SSSR count). The van der Waals surface area contributed by atoms with Crippen LogP contribution in [0.3, 0.4) is 0 Å². The Labute approximate surface area is 93.6 Å². The number of hydrogen-bond donors (Lipinski definition) is 5. The molecule has 0 amide bonds. The van der Waals surface area contributed by atoms with Crippen molar-refractivity contribution < 1.29 is 15.3 Å². The number of phenolic OH excluding ortho intramolecular Hbond substituents is 1. The summed E-state index contributed by atoms with van der Waals surface area (Å²) in [7, 11) is 0. The number of thiazole rings is 1. The van der Waals surface area contributed by atoms with Crippen LogP contribution < -0.4 is 10.6 Å². The third-order valence-corrected chi connectivity index (χ3v) is 3.16. The quantitative estimate of drug-likeness (QED) is 0.459. The molecule has 1 aromatic heterocycles. The number of fused-ring (bicyclic) bond motifs is 1. The van der Waals surface area contributed by atoms with E-state index in [4.69, 9.17) is 10.8 Å². The van der Waals surface area contributed by atoms with E-state index < -0.39 is 12.3 Å². The monoisotopic (exact) mass is 242 g/mol. The predicted octanol–water partition coefficient (Wildman–Crippen LogP) is -0.394. The third kappa shape index (κ3) is 1.69. The van der Waals surface area contributed by atoms with Gasteiger partial charge in [0.15, 0.2) is 0 Å². The fourth-order valence-corrected chi connectivity index (χ4v) is 2.36. The van der Waals surface area contributed by atoms with Crippen molar-refractivity contribution in [2.75, 3.05) is 0 Å². The van der Waals surface area contributed by atoms with Gasteiger partial charge in [-0.05, 0) is 6.07 Å². The van der Waals surface area contributed by atoms with Crippen LogP contribution in [0.15, 0.2) is 16.9 Å². The van der Waals surface area contributed by atoms with E-state index in [0.717, 1.165) is 11.3 Å². The van der Waals surface area contributed by atoms with Crippen molar-refractivity contribution in [3.05, 3.63) is 27.4 Å². The van der Waals surface area contributed by atoms with E-state index in [-0.39, 0.29) is 16.1 Å². The molecule has 2 unspecified atom stereocenters. The highest BCUT2D eigenvalue weighted by Gasteiger charge is 2.19. The van der Waals surface area contributed by atoms with Crippen LogP contribution in [0, 0.1) is 0 Å². The maximum Gasteiger partial charge on any atom is 0.305 e. The summed E-state index contributed by atoms with van der Waals surface area (Å²) in [5.74, 6) is -0.0872. The Morgan fingerprint density at radius 3 is 2.69 bits per heavy atom. The normalized spacial score (nSPS) is 15.2. The van der Waals surface area contributed by atoms with Crippen molar-refractivity contribution in [2.45, 2.75) is 12.3 Å². The molecule has 1 aromatic carbocycles. The summed E-state index contributed by atoms with van der Waals surface area (Å²) < 4.78 is 0.391. The smallest absolute Gasteiger partial charge is 0.305 e. The van der Waals surface area contributed by atoms with Crippen molar-refractivity contribution >= 4 is 21.6 Å². The number of phenols is 1. The summed E-state index contributed by atoms with van der Waals surface area (Å²) in [5, 5.41) is 28.2. The summed E-state index contributed by atoms with van der Waals surface area (Å²) in [6.07, 6.45) is -2.74. The predicted molar refractivity (Wildman–Crippen MR) is 59.3 cm³/mol. The Hall–Kier alpha value is -1.41. The number of aromatic amines is 1. The summed E-state index contributed by atoms with van der Waals surface area (Å²) in [6.45, 7) is 0. The molecule has 0 fully saturated rings. The van der Waals surface area contributed by atoms with E-state index in [1.807, 2.05) is 0 Å². The van der Waals surface area contributed by atoms with E-state index in [9.17, 15) is 15.0 Å². The highest BCUT2D eigenvalue weighted by Crippen LogP contribution is 2.31. The minimum atomic E-state index is -1.44. The summed E-state index contributed by atoms with van der Waals surface area (Å²) in [6, 6.07) is 2.74. The van der Waals surface area contributed by atoms with Gasteiger partial charge in [0.2, 0.25) is 0 Å². The highest BCUT2D eigenvalue weighted by atomic mass is 32.1. The lowest BCUT2D eigenvalue weighted by molar-refractivity contribution is 0.0237. The molecule has 6 N–H and O–H groups in total. The number of aliphatic hydroxyl groups excluding tert-OH is 2. The Morgan fingerprint density at radius 1 is 1.38 bits per heavy atom. The van der Waals surface area contributed by atoms with Gasteiger partial charge in [-0.1, -0.05) is 17.4 Å². The minimum absolute atomic E-state index is 0.0872. The van der Waals surface area contributed by atoms with Gasteiger partial charge >= 0.3 is 4.87 Å². The second-order valence-corrected chi connectivity index (χ2v) is 4.31. The molecule has 0 aliphatic rings. The number of aromatic nitrogens is 1. The maximum absolute atomic E-state index is 11.2. The maximum atomic E-state index is 11.2. The molecular formula is C9H10N2O4S. The molecule has 6 nitrogen and oxygen atoms in total. The van der Waals surface area contributed by atoms with Crippen molar-refractivity contribution in [1.29, 1.82) is 0 Å². The van der Waals surface area contributed by atoms with Gasteiger partial charge in [0.25, 0.3) is 0 Å². The van der Waals surface area contributed by atoms with Crippen molar-refractivity contribution in [3.8, 4) is 5.75 Å². The zero-order chi connectivity index (χ0) is 11.9. The highest BCUT2D eigenvalue weighted by molar-refractivity contribution is 7.16. The number of benzene rings is 1. The van der Waals surface area contributed by atoms with Crippen LogP contribution in [-0.4, -0.2) is 26.5 Å². The van der Waals surface area contributed by atoms with E-state index in [0.29, 0.717) is 10.3 Å². The number of nitrogens with two attached hydrogens (primary N) is 1. The van der Waals surface area contributed by atoms with Gasteiger partial charge in [0.05, 0.1) is 4.70 Å². The first-order valence-corrected chi connectivity index (χ1v) is 5.28. The molecule has 0 aliphatic carbocycles. The molecule has 0 spiro atoms. The van der Waals surface area contributed by atoms with Crippen LogP contribution in [0.2, 0.25) is 0 Å². The molecule has 0 aliphatic heterocycles. The van der Waals surface area contributed by atoms with Gasteiger partial charge in [-0.15, -0.1) is 0 Å². The fourth-order valence-electron chi connectivity index (χ4n) is 1.46. The molecule has 0 saturated heterocycles. The summed E-state index contributed by atoms with van der Waals surface area (Å²) in [5.41, 5.74) is 5.72. The van der Waals surface area contributed by atoms with Crippen molar-refractivity contribution in [1.82, 2.24) is 4.98 Å². The molecule has 2 aromatic rings. The Bertz CT molecular complexity index is 574. The molecule has 1 heterocycles. The lowest BCUT2D eigenvalue weighted by Gasteiger charge is -2.14. The van der Waals surface area contributed by atoms with Gasteiger partial charge in [-0.3, -0.25) is 4.79 Å². The molecular weight excluding hydrogens is 232 g/mol. The van der Waals surface area contributed by atoms with Crippen molar-refractivity contribution in [3.63, 3.8) is 0 Å². The molecule has 16 heavy (non-hydrogen) atoms. The first kappa shape index (κ1) is 11.1. The van der Waals surface area contributed by atoms with E-state index in [2.05, 4.69) is 4.98 Å². The first-order chi connectivity index (χ1) is 7.50. The largest absolute Gasteiger partial charge is 0.506 e. The third-order valence-electron chi connectivity index (χ3n) is 2.23. The van der Waals surface area contributed by atoms with Gasteiger partial charge in [-0.2, -0.15) is 0 Å². The number of aliphatic hydroxyl groups is 2. The van der Waals surface area contributed by atoms with Gasteiger partial charge in [0.1, 0.15) is 23.6 Å². The fraction of sp³-hybridized carbons (Fsp3) is 0.222. The van der Waals surface area contributed by atoms with Gasteiger partial charge in [0, 0.05) is 5.56 Å². The minimum Gasteiger partial charge on any atom is -0.506 e. The molecule has 0 saturated carbocycles. The number of hydrogen-bond acceptors (Lipinski definition) is 6. The Morgan fingerprint density at radius 2 is 2.06 bits per heavy atom. The number of H-pyrrole nitrogens is 1. The number of nitrogens with one attached hydrogen (secondary N) is 1. The zero-order valence-corrected chi connectivity index (χ0v) is 8.86. The lowest BCUT2D eigenvalue weighted by atomic mass is 10.1. The number of aromatic hydroxyl groups is 1. The zero-order valence-electron chi connectivity index (χ0n) is 8.04. The van der Waals surface area contributed by atoms with Crippen LogP contribution in [0.25, 0.3) is 10.2 Å². The average Bonchev–Trinajstić information content (AvgIpc) is 2.60. The summed E-state index contributed by atoms with van der Waals surface area (Å²) >= 11 is 0.841. The second kappa shape index (κ2) is 3.87. The van der Waals surface area contributed by atoms with Crippen molar-refractivity contribution in [2.24, 2.45) is 5.73 Å². The Kier molecular flexibility index (Phi) is 2.68. The van der Waals surface area contributed by atoms with Gasteiger partial charge < -0.3 is 26.0 Å².